The zero-order chi connectivity index (χ0) is 13.8. The van der Waals surface area contributed by atoms with E-state index in [1.54, 1.807) is 24.7 Å². The van der Waals surface area contributed by atoms with Crippen LogP contribution in [0.3, 0.4) is 0 Å². The summed E-state index contributed by atoms with van der Waals surface area (Å²) in [4.78, 5) is 5.55. The molecule has 0 spiro atoms. The summed E-state index contributed by atoms with van der Waals surface area (Å²) in [5.74, 6) is 0.817. The molecule has 0 saturated heterocycles. The Morgan fingerprint density at radius 3 is 2.53 bits per heavy atom. The monoisotopic (exact) mass is 270 g/mol. The summed E-state index contributed by atoms with van der Waals surface area (Å²) in [6.07, 6.45) is 1.77. The van der Waals surface area contributed by atoms with Gasteiger partial charge in [-0.15, -0.1) is 11.3 Å². The molecule has 0 saturated carbocycles. The number of ether oxygens (including phenoxy) is 1. The van der Waals surface area contributed by atoms with Crippen LogP contribution in [0.2, 0.25) is 0 Å². The van der Waals surface area contributed by atoms with Crippen LogP contribution in [0.25, 0.3) is 0 Å². The topological polar surface area (TPSA) is 45.4 Å². The van der Waals surface area contributed by atoms with Crippen LogP contribution >= 0.6 is 11.3 Å². The summed E-state index contributed by atoms with van der Waals surface area (Å²) in [6.45, 7) is 3.96. The zero-order valence-corrected chi connectivity index (χ0v) is 11.9. The minimum atomic E-state index is 0.673. The smallest absolute Gasteiger partial charge is 0.134 e. The summed E-state index contributed by atoms with van der Waals surface area (Å²) in [5.41, 5.74) is 2.68. The van der Waals surface area contributed by atoms with E-state index >= 15 is 0 Å². The van der Waals surface area contributed by atoms with Gasteiger partial charge in [0.15, 0.2) is 0 Å². The van der Waals surface area contributed by atoms with E-state index < -0.39 is 0 Å². The number of thiophene rings is 1. The molecule has 0 fully saturated rings. The van der Waals surface area contributed by atoms with Gasteiger partial charge in [-0.25, -0.2) is 4.99 Å². The second kappa shape index (κ2) is 5.68. The number of rotatable bonds is 3. The van der Waals surface area contributed by atoms with E-state index in [2.05, 4.69) is 11.1 Å². The first-order valence-corrected chi connectivity index (χ1v) is 6.65. The van der Waals surface area contributed by atoms with Gasteiger partial charge in [-0.05, 0) is 49.2 Å². The highest BCUT2D eigenvalue weighted by molar-refractivity contribution is 7.16. The van der Waals surface area contributed by atoms with E-state index in [0.717, 1.165) is 26.8 Å². The van der Waals surface area contributed by atoms with Crippen molar-refractivity contribution in [3.05, 3.63) is 45.8 Å². The third kappa shape index (κ3) is 2.83. The first kappa shape index (κ1) is 13.3. The fraction of sp³-hybridized carbons (Fsp3) is 0.200. The number of methoxy groups -OCH3 is 1. The van der Waals surface area contributed by atoms with Crippen LogP contribution in [-0.2, 0) is 0 Å². The van der Waals surface area contributed by atoms with Crippen molar-refractivity contribution in [3.8, 4) is 11.8 Å². The first-order chi connectivity index (χ1) is 9.15. The number of hydrogen-bond acceptors (Lipinski definition) is 4. The molecule has 96 valence electrons. The maximum Gasteiger partial charge on any atom is 0.134 e. The van der Waals surface area contributed by atoms with Gasteiger partial charge in [0, 0.05) is 11.1 Å². The molecule has 2 rings (SSSR count). The summed E-state index contributed by atoms with van der Waals surface area (Å²) in [7, 11) is 1.64. The Bertz CT molecular complexity index is 648. The van der Waals surface area contributed by atoms with Gasteiger partial charge >= 0.3 is 0 Å². The Labute approximate surface area is 116 Å². The highest BCUT2D eigenvalue weighted by atomic mass is 32.1. The average Bonchev–Trinajstić information content (AvgIpc) is 2.72. The third-order valence-corrected chi connectivity index (χ3v) is 4.04. The van der Waals surface area contributed by atoms with Gasteiger partial charge in [-0.1, -0.05) is 0 Å². The van der Waals surface area contributed by atoms with Gasteiger partial charge in [0.2, 0.25) is 0 Å². The SMILES string of the molecule is COc1ccc(C=Nc2sc(C)c(C)c2C#N)cc1. The van der Waals surface area contributed by atoms with Gasteiger partial charge in [0.1, 0.15) is 16.8 Å². The van der Waals surface area contributed by atoms with Crippen LogP contribution in [-0.4, -0.2) is 13.3 Å². The van der Waals surface area contributed by atoms with Crippen molar-refractivity contribution in [2.45, 2.75) is 13.8 Å². The molecule has 3 nitrogen and oxygen atoms in total. The summed E-state index contributed by atoms with van der Waals surface area (Å²) >= 11 is 1.55. The molecule has 2 aromatic rings. The Balaban J connectivity index is 2.27. The average molecular weight is 270 g/mol. The fourth-order valence-corrected chi connectivity index (χ4v) is 2.61. The van der Waals surface area contributed by atoms with Crippen molar-refractivity contribution in [1.29, 1.82) is 5.26 Å². The second-order valence-electron chi connectivity index (χ2n) is 4.11. The highest BCUT2D eigenvalue weighted by Gasteiger charge is 2.10. The Kier molecular flexibility index (Phi) is 3.98. The largest absolute Gasteiger partial charge is 0.497 e. The van der Waals surface area contributed by atoms with Crippen LogP contribution in [0.1, 0.15) is 21.6 Å². The standard InChI is InChI=1S/C15H14N2OS/c1-10-11(2)19-15(14(10)8-16)17-9-12-4-6-13(18-3)7-5-12/h4-7,9H,1-3H3. The number of nitriles is 1. The normalized spacial score (nSPS) is 10.6. The lowest BCUT2D eigenvalue weighted by molar-refractivity contribution is 0.415. The van der Waals surface area contributed by atoms with Crippen molar-refractivity contribution in [2.24, 2.45) is 4.99 Å². The molecule has 0 bridgehead atoms. The number of benzene rings is 1. The van der Waals surface area contributed by atoms with Gasteiger partial charge < -0.3 is 4.74 Å². The fourth-order valence-electron chi connectivity index (χ4n) is 1.65. The van der Waals surface area contributed by atoms with E-state index in [-0.39, 0.29) is 0 Å². The number of nitrogens with zero attached hydrogens (tertiary/aromatic N) is 2. The van der Waals surface area contributed by atoms with Crippen molar-refractivity contribution in [1.82, 2.24) is 0 Å². The van der Waals surface area contributed by atoms with Gasteiger partial charge in [0.05, 0.1) is 12.7 Å². The Hall–Kier alpha value is -2.12. The molecule has 0 atom stereocenters. The van der Waals surface area contributed by atoms with Crippen LogP contribution < -0.4 is 4.74 Å². The van der Waals surface area contributed by atoms with Gasteiger partial charge in [-0.2, -0.15) is 5.26 Å². The number of hydrogen-bond donors (Lipinski definition) is 0. The van der Waals surface area contributed by atoms with Crippen LogP contribution in [0.4, 0.5) is 5.00 Å². The lowest BCUT2D eigenvalue weighted by Crippen LogP contribution is -1.84. The summed E-state index contributed by atoms with van der Waals surface area (Å²) in [6, 6.07) is 9.85. The highest BCUT2D eigenvalue weighted by Crippen LogP contribution is 2.33. The van der Waals surface area contributed by atoms with Crippen molar-refractivity contribution in [3.63, 3.8) is 0 Å². The van der Waals surface area contributed by atoms with Crippen LogP contribution in [0, 0.1) is 25.2 Å². The zero-order valence-electron chi connectivity index (χ0n) is 11.1. The maximum atomic E-state index is 9.14. The number of aryl methyl sites for hydroxylation is 1. The van der Waals surface area contributed by atoms with E-state index in [1.807, 2.05) is 38.1 Å². The van der Waals surface area contributed by atoms with Gasteiger partial charge in [-0.3, -0.25) is 0 Å². The van der Waals surface area contributed by atoms with Crippen LogP contribution in [0.15, 0.2) is 29.3 Å². The lowest BCUT2D eigenvalue weighted by Gasteiger charge is -1.98. The molecule has 1 heterocycles. The Morgan fingerprint density at radius 1 is 1.26 bits per heavy atom. The lowest BCUT2D eigenvalue weighted by atomic mass is 10.2. The minimum absolute atomic E-state index is 0.673. The van der Waals surface area contributed by atoms with E-state index in [1.165, 1.54) is 0 Å². The Morgan fingerprint density at radius 2 is 1.95 bits per heavy atom. The molecular formula is C15H14N2OS. The predicted octanol–water partition coefficient (Wildman–Crippen LogP) is 4.00. The first-order valence-electron chi connectivity index (χ1n) is 5.84. The summed E-state index contributed by atoms with van der Waals surface area (Å²) in [5, 5.41) is 9.92. The van der Waals surface area contributed by atoms with Crippen molar-refractivity contribution < 1.29 is 4.74 Å². The molecule has 0 aliphatic rings. The molecule has 0 radical (unpaired) electrons. The minimum Gasteiger partial charge on any atom is -0.497 e. The summed E-state index contributed by atoms with van der Waals surface area (Å²) < 4.78 is 5.10. The molecule has 0 aliphatic heterocycles. The molecule has 1 aromatic heterocycles. The molecule has 0 aliphatic carbocycles. The molecule has 19 heavy (non-hydrogen) atoms. The van der Waals surface area contributed by atoms with Crippen molar-refractivity contribution >= 4 is 22.6 Å². The quantitative estimate of drug-likeness (QED) is 0.791. The predicted molar refractivity (Wildman–Crippen MR) is 78.8 cm³/mol. The van der Waals surface area contributed by atoms with E-state index in [0.29, 0.717) is 5.56 Å². The molecule has 0 amide bonds. The second-order valence-corrected chi connectivity index (χ2v) is 5.31. The van der Waals surface area contributed by atoms with E-state index in [9.17, 15) is 0 Å². The molecule has 0 unspecified atom stereocenters. The van der Waals surface area contributed by atoms with Crippen LogP contribution in [0.5, 0.6) is 5.75 Å². The molecular weight excluding hydrogens is 256 g/mol. The molecule has 4 heteroatoms. The molecule has 1 aromatic carbocycles. The third-order valence-electron chi connectivity index (χ3n) is 2.93. The van der Waals surface area contributed by atoms with Crippen molar-refractivity contribution in [2.75, 3.05) is 7.11 Å². The van der Waals surface area contributed by atoms with Gasteiger partial charge in [0.25, 0.3) is 0 Å². The molecule has 0 N–H and O–H groups in total. The maximum absolute atomic E-state index is 9.14. The van der Waals surface area contributed by atoms with E-state index in [4.69, 9.17) is 10.00 Å². The number of aliphatic imine (C=N–C) groups is 1.